The van der Waals surface area contributed by atoms with Gasteiger partial charge in [0.25, 0.3) is 11.1 Å². The predicted octanol–water partition coefficient (Wildman–Crippen LogP) is 3.23. The van der Waals surface area contributed by atoms with Gasteiger partial charge in [0.05, 0.1) is 23.1 Å². The summed E-state index contributed by atoms with van der Waals surface area (Å²) < 4.78 is 3.13. The lowest BCUT2D eigenvalue weighted by molar-refractivity contribution is 0.600. The molecule has 1 aliphatic rings. The summed E-state index contributed by atoms with van der Waals surface area (Å²) in [5, 5.41) is 6.01. The zero-order chi connectivity index (χ0) is 24.1. The first-order valence-corrected chi connectivity index (χ1v) is 12.6. The highest BCUT2D eigenvalue weighted by Crippen LogP contribution is 2.37. The number of fused-ring (bicyclic) bond motifs is 2. The molecule has 1 aliphatic heterocycles. The lowest BCUT2D eigenvalue weighted by Gasteiger charge is -2.28. The highest BCUT2D eigenvalue weighted by Gasteiger charge is 2.34. The smallest absolute Gasteiger partial charge is 0.284 e. The van der Waals surface area contributed by atoms with Gasteiger partial charge in [-0.25, -0.2) is 19.5 Å². The maximum atomic E-state index is 13.7. The van der Waals surface area contributed by atoms with Crippen molar-refractivity contribution in [1.29, 1.82) is 0 Å². The summed E-state index contributed by atoms with van der Waals surface area (Å²) in [6.45, 7) is 0.633. The first-order valence-electron chi connectivity index (χ1n) is 11.0. The molecule has 0 radical (unpaired) electrons. The molecule has 0 aliphatic carbocycles. The third-order valence-electron chi connectivity index (χ3n) is 6.14. The number of aromatic amines is 1. The van der Waals surface area contributed by atoms with Crippen LogP contribution in [0.5, 0.6) is 0 Å². The molecule has 35 heavy (non-hydrogen) atoms. The van der Waals surface area contributed by atoms with Crippen LogP contribution in [0.15, 0.2) is 63.7 Å². The Morgan fingerprint density at radius 1 is 1.14 bits per heavy atom. The number of thioether (sulfide) groups is 1. The SMILES string of the molecule is CSc1nc(N2CCC[C@H]2c2nn3ccc(Cl)c3c(=O)n2-c2ccccc2)c2c(=O)[nH]cnc2n1. The molecule has 12 heteroatoms. The van der Waals surface area contributed by atoms with Crippen LogP contribution in [0.1, 0.15) is 24.7 Å². The number of aromatic nitrogens is 7. The van der Waals surface area contributed by atoms with E-state index in [9.17, 15) is 9.59 Å². The van der Waals surface area contributed by atoms with Gasteiger partial charge in [0.1, 0.15) is 16.7 Å². The van der Waals surface area contributed by atoms with Gasteiger partial charge in [-0.15, -0.1) is 0 Å². The van der Waals surface area contributed by atoms with Crippen LogP contribution >= 0.6 is 23.4 Å². The summed E-state index contributed by atoms with van der Waals surface area (Å²) in [6, 6.07) is 10.7. The second kappa shape index (κ2) is 8.51. The molecule has 0 amide bonds. The van der Waals surface area contributed by atoms with Gasteiger partial charge in [-0.1, -0.05) is 41.6 Å². The van der Waals surface area contributed by atoms with Crippen molar-refractivity contribution < 1.29 is 0 Å². The van der Waals surface area contributed by atoms with Crippen LogP contribution in [-0.4, -0.2) is 46.9 Å². The van der Waals surface area contributed by atoms with Crippen molar-refractivity contribution in [3.63, 3.8) is 0 Å². The van der Waals surface area contributed by atoms with Crippen molar-refractivity contribution >= 4 is 45.7 Å². The summed E-state index contributed by atoms with van der Waals surface area (Å²) in [6.07, 6.45) is 6.44. The minimum atomic E-state index is -0.319. The summed E-state index contributed by atoms with van der Waals surface area (Å²) in [7, 11) is 0. The summed E-state index contributed by atoms with van der Waals surface area (Å²) >= 11 is 7.72. The predicted molar refractivity (Wildman–Crippen MR) is 135 cm³/mol. The molecule has 5 heterocycles. The number of H-pyrrole nitrogens is 1. The normalized spacial score (nSPS) is 15.9. The van der Waals surface area contributed by atoms with E-state index >= 15 is 0 Å². The number of benzene rings is 1. The Morgan fingerprint density at radius 2 is 1.97 bits per heavy atom. The highest BCUT2D eigenvalue weighted by atomic mass is 35.5. The van der Waals surface area contributed by atoms with Crippen LogP contribution in [0.4, 0.5) is 5.82 Å². The maximum Gasteiger partial charge on any atom is 0.284 e. The average molecular weight is 507 g/mol. The van der Waals surface area contributed by atoms with E-state index in [1.165, 1.54) is 22.6 Å². The molecule has 0 saturated carbocycles. The van der Waals surface area contributed by atoms with E-state index in [4.69, 9.17) is 21.7 Å². The third kappa shape index (κ3) is 3.50. The van der Waals surface area contributed by atoms with Crippen LogP contribution in [0.2, 0.25) is 5.02 Å². The first-order chi connectivity index (χ1) is 17.1. The van der Waals surface area contributed by atoms with Crippen LogP contribution in [0, 0.1) is 0 Å². The highest BCUT2D eigenvalue weighted by molar-refractivity contribution is 7.98. The fourth-order valence-electron chi connectivity index (χ4n) is 4.62. The Morgan fingerprint density at radius 3 is 2.77 bits per heavy atom. The van der Waals surface area contributed by atoms with Gasteiger partial charge in [0.2, 0.25) is 0 Å². The van der Waals surface area contributed by atoms with E-state index in [0.717, 1.165) is 12.8 Å². The van der Waals surface area contributed by atoms with Gasteiger partial charge < -0.3 is 9.88 Å². The molecule has 1 aromatic carbocycles. The second-order valence-corrected chi connectivity index (χ2v) is 9.29. The van der Waals surface area contributed by atoms with Gasteiger partial charge in [-0.2, -0.15) is 5.10 Å². The van der Waals surface area contributed by atoms with Crippen molar-refractivity contribution in [2.75, 3.05) is 17.7 Å². The maximum absolute atomic E-state index is 13.7. The Labute approximate surface area is 207 Å². The zero-order valence-electron chi connectivity index (χ0n) is 18.6. The average Bonchev–Trinajstić information content (AvgIpc) is 3.51. The van der Waals surface area contributed by atoms with E-state index in [1.807, 2.05) is 41.5 Å². The Hall–Kier alpha value is -3.70. The van der Waals surface area contributed by atoms with Crippen molar-refractivity contribution in [2.45, 2.75) is 24.0 Å². The number of rotatable bonds is 4. The van der Waals surface area contributed by atoms with Crippen LogP contribution < -0.4 is 16.0 Å². The summed E-state index contributed by atoms with van der Waals surface area (Å²) in [5.74, 6) is 1.02. The molecule has 0 unspecified atom stereocenters. The van der Waals surface area contributed by atoms with Gasteiger partial charge in [0, 0.05) is 12.7 Å². The lowest BCUT2D eigenvalue weighted by atomic mass is 10.2. The number of para-hydroxylation sites is 1. The standard InChI is InChI=1S/C23H19ClN8O2S/c1-35-23-27-18-16(21(33)26-12-25-18)20(28-23)30-10-5-8-15(30)19-29-31-11-9-14(24)17(31)22(34)32(19)13-6-3-2-4-7-13/h2-4,6-7,9,11-12,15H,5,8,10H2,1H3,(H,25,26,27,28,33)/t15-/m0/s1. The van der Waals surface area contributed by atoms with Crippen LogP contribution in [-0.2, 0) is 0 Å². The zero-order valence-corrected chi connectivity index (χ0v) is 20.1. The topological polar surface area (TPSA) is 114 Å². The molecular weight excluding hydrogens is 488 g/mol. The van der Waals surface area contributed by atoms with E-state index < -0.39 is 0 Å². The number of hydrogen-bond donors (Lipinski definition) is 1. The minimum Gasteiger partial charge on any atom is -0.345 e. The van der Waals surface area contributed by atoms with Gasteiger partial charge in [-0.3, -0.25) is 14.2 Å². The third-order valence-corrected chi connectivity index (χ3v) is 6.99. The van der Waals surface area contributed by atoms with E-state index in [-0.39, 0.29) is 17.2 Å². The molecule has 1 fully saturated rings. The largest absolute Gasteiger partial charge is 0.345 e. The second-order valence-electron chi connectivity index (χ2n) is 8.11. The molecule has 10 nitrogen and oxygen atoms in total. The van der Waals surface area contributed by atoms with Gasteiger partial charge in [-0.05, 0) is 37.3 Å². The minimum absolute atomic E-state index is 0.264. The monoisotopic (exact) mass is 506 g/mol. The molecule has 176 valence electrons. The number of anilines is 1. The number of nitrogens with one attached hydrogen (secondary N) is 1. The molecule has 0 spiro atoms. The summed E-state index contributed by atoms with van der Waals surface area (Å²) in [5.41, 5.74) is 0.740. The van der Waals surface area contributed by atoms with E-state index in [1.54, 1.807) is 16.8 Å². The lowest BCUT2D eigenvalue weighted by Crippen LogP contribution is -2.34. The number of hydrogen-bond acceptors (Lipinski definition) is 8. The fraction of sp³-hybridized carbons (Fsp3) is 0.217. The van der Waals surface area contributed by atoms with Crippen LogP contribution in [0.25, 0.3) is 22.2 Å². The van der Waals surface area contributed by atoms with Crippen molar-refractivity contribution in [2.24, 2.45) is 0 Å². The van der Waals surface area contributed by atoms with E-state index in [2.05, 4.69) is 15.0 Å². The Kier molecular flexibility index (Phi) is 5.30. The molecular formula is C23H19ClN8O2S. The Balaban J connectivity index is 1.62. The molecule has 0 bridgehead atoms. The molecule has 1 atom stereocenters. The van der Waals surface area contributed by atoms with Crippen molar-refractivity contribution in [1.82, 2.24) is 34.1 Å². The molecule has 5 aromatic rings. The molecule has 6 rings (SSSR count). The molecule has 4 aromatic heterocycles. The van der Waals surface area contributed by atoms with Gasteiger partial charge in [0.15, 0.2) is 16.6 Å². The number of nitrogens with zero attached hydrogens (tertiary/aromatic N) is 7. The fourth-order valence-corrected chi connectivity index (χ4v) is 5.20. The summed E-state index contributed by atoms with van der Waals surface area (Å²) in [4.78, 5) is 44.6. The number of halogens is 1. The quantitative estimate of drug-likeness (QED) is 0.292. The molecule has 1 saturated heterocycles. The Bertz CT molecular complexity index is 1700. The first kappa shape index (κ1) is 21.8. The van der Waals surface area contributed by atoms with Crippen molar-refractivity contribution in [3.05, 3.63) is 80.5 Å². The van der Waals surface area contributed by atoms with Crippen LogP contribution in [0.3, 0.4) is 0 Å². The molecule has 1 N–H and O–H groups in total. The van der Waals surface area contributed by atoms with Crippen molar-refractivity contribution in [3.8, 4) is 5.69 Å². The van der Waals surface area contributed by atoms with Gasteiger partial charge >= 0.3 is 0 Å². The van der Waals surface area contributed by atoms with E-state index in [0.29, 0.717) is 50.6 Å².